The number of fused-ring (bicyclic) bond motifs is 1. The number of imidazole rings is 1. The predicted octanol–water partition coefficient (Wildman–Crippen LogP) is 4.10. The topological polar surface area (TPSA) is 94.4 Å². The number of hydrogen-bond donors (Lipinski definition) is 1. The molecule has 4 rings (SSSR count). The van der Waals surface area contributed by atoms with Gasteiger partial charge >= 0.3 is 6.09 Å². The number of rotatable bonds is 5. The minimum absolute atomic E-state index is 0.0675. The maximum Gasteiger partial charge on any atom is 0.431 e. The molecule has 0 aromatic carbocycles. The number of carbonyl (C=O) groups is 1. The number of nitrogens with zero attached hydrogens (tertiary/aromatic N) is 5. The normalized spacial score (nSPS) is 20.0. The van der Waals surface area contributed by atoms with E-state index in [-0.39, 0.29) is 17.6 Å². The third-order valence-electron chi connectivity index (χ3n) is 5.24. The molecular formula is C19H25ClN6O3. The molecule has 2 fully saturated rings. The van der Waals surface area contributed by atoms with Crippen LogP contribution >= 0.6 is 11.6 Å². The predicted molar refractivity (Wildman–Crippen MR) is 108 cm³/mol. The Balaban J connectivity index is 1.73. The van der Waals surface area contributed by atoms with Crippen molar-refractivity contribution in [1.82, 2.24) is 24.9 Å². The zero-order valence-electron chi connectivity index (χ0n) is 16.4. The number of anilines is 1. The van der Waals surface area contributed by atoms with Crippen LogP contribution in [0.25, 0.3) is 11.2 Å². The van der Waals surface area contributed by atoms with Gasteiger partial charge in [-0.3, -0.25) is 9.58 Å². The van der Waals surface area contributed by atoms with Crippen LogP contribution in [0.3, 0.4) is 0 Å². The number of allylic oxidation sites excluding steroid dienone is 1. The van der Waals surface area contributed by atoms with Crippen molar-refractivity contribution in [2.75, 3.05) is 11.6 Å². The first kappa shape index (κ1) is 19.9. The molecule has 0 spiro atoms. The van der Waals surface area contributed by atoms with Gasteiger partial charge in [0.15, 0.2) is 17.0 Å². The lowest BCUT2D eigenvalue weighted by Crippen LogP contribution is -2.48. The summed E-state index contributed by atoms with van der Waals surface area (Å²) in [4.78, 5) is 25.7. The maximum atomic E-state index is 12.3. The molecular weight excluding hydrogens is 396 g/mol. The lowest BCUT2D eigenvalue weighted by atomic mass is 10.2. The first-order chi connectivity index (χ1) is 14.0. The minimum Gasteiger partial charge on any atom is -0.415 e. The van der Waals surface area contributed by atoms with Crippen LogP contribution in [0.5, 0.6) is 0 Å². The molecule has 1 aliphatic heterocycles. The van der Waals surface area contributed by atoms with Crippen LogP contribution in [-0.4, -0.2) is 38.3 Å². The average Bonchev–Trinajstić information content (AvgIpc) is 3.35. The Labute approximate surface area is 174 Å². The quantitative estimate of drug-likeness (QED) is 0.442. The second-order valence-corrected chi connectivity index (χ2v) is 7.81. The first-order valence-corrected chi connectivity index (χ1v) is 10.4. The Kier molecular flexibility index (Phi) is 5.86. The second kappa shape index (κ2) is 8.54. The van der Waals surface area contributed by atoms with E-state index in [9.17, 15) is 4.79 Å². The summed E-state index contributed by atoms with van der Waals surface area (Å²) in [7, 11) is 0. The van der Waals surface area contributed by atoms with Crippen LogP contribution in [0.2, 0.25) is 5.28 Å². The van der Waals surface area contributed by atoms with Crippen molar-refractivity contribution in [3.63, 3.8) is 0 Å². The van der Waals surface area contributed by atoms with Gasteiger partial charge < -0.3 is 9.47 Å². The number of amides is 1. The van der Waals surface area contributed by atoms with Gasteiger partial charge in [-0.2, -0.15) is 9.97 Å². The third kappa shape index (κ3) is 4.30. The Morgan fingerprint density at radius 2 is 2.07 bits per heavy atom. The zero-order valence-corrected chi connectivity index (χ0v) is 17.2. The van der Waals surface area contributed by atoms with E-state index < -0.39 is 6.09 Å². The monoisotopic (exact) mass is 420 g/mol. The number of aromatic nitrogens is 4. The number of halogens is 1. The molecule has 156 valence electrons. The Bertz CT molecular complexity index is 905. The van der Waals surface area contributed by atoms with Crippen LogP contribution in [-0.2, 0) is 9.47 Å². The molecule has 0 radical (unpaired) electrons. The number of ether oxygens (including phenoxy) is 2. The van der Waals surface area contributed by atoms with Crippen LogP contribution < -0.4 is 10.4 Å². The van der Waals surface area contributed by atoms with E-state index in [1.807, 2.05) is 4.57 Å². The summed E-state index contributed by atoms with van der Waals surface area (Å²) in [6, 6.07) is 0.0675. The van der Waals surface area contributed by atoms with Crippen molar-refractivity contribution in [3.05, 3.63) is 23.9 Å². The molecule has 2 aromatic heterocycles. The summed E-state index contributed by atoms with van der Waals surface area (Å²) in [6.07, 6.45) is 7.95. The zero-order chi connectivity index (χ0) is 20.4. The van der Waals surface area contributed by atoms with Crippen molar-refractivity contribution in [2.24, 2.45) is 0 Å². The van der Waals surface area contributed by atoms with Gasteiger partial charge in [-0.05, 0) is 50.6 Å². The molecule has 1 N–H and O–H groups in total. The smallest absolute Gasteiger partial charge is 0.415 e. The molecule has 1 saturated heterocycles. The summed E-state index contributed by atoms with van der Waals surface area (Å²) in [5, 5.41) is 1.80. The Morgan fingerprint density at radius 1 is 1.31 bits per heavy atom. The van der Waals surface area contributed by atoms with Gasteiger partial charge in [-0.1, -0.05) is 19.4 Å². The van der Waals surface area contributed by atoms with E-state index >= 15 is 0 Å². The highest BCUT2D eigenvalue weighted by Crippen LogP contribution is 2.33. The van der Waals surface area contributed by atoms with Gasteiger partial charge in [0.2, 0.25) is 5.28 Å². The van der Waals surface area contributed by atoms with Crippen molar-refractivity contribution in [3.8, 4) is 0 Å². The van der Waals surface area contributed by atoms with E-state index in [1.54, 1.807) is 18.3 Å². The first-order valence-electron chi connectivity index (χ1n) is 9.98. The van der Waals surface area contributed by atoms with Gasteiger partial charge in [-0.25, -0.2) is 15.2 Å². The summed E-state index contributed by atoms with van der Waals surface area (Å²) >= 11 is 6.27. The lowest BCUT2D eigenvalue weighted by molar-refractivity contribution is -0.0298. The number of carbonyl (C=O) groups excluding carboxylic acids is 1. The fourth-order valence-electron chi connectivity index (χ4n) is 3.96. The molecule has 1 aliphatic carbocycles. The molecule has 2 aliphatic rings. The molecule has 0 bridgehead atoms. The Hall–Kier alpha value is -2.39. The highest BCUT2D eigenvalue weighted by molar-refractivity contribution is 6.28. The Morgan fingerprint density at radius 3 is 2.76 bits per heavy atom. The molecule has 10 heteroatoms. The van der Waals surface area contributed by atoms with E-state index in [0.717, 1.165) is 44.9 Å². The minimum atomic E-state index is -0.623. The summed E-state index contributed by atoms with van der Waals surface area (Å²) < 4.78 is 12.9. The standard InChI is InChI=1S/C19H25ClN6O3/c1-12(2)29-19(27)24-26(13-7-3-4-8-13)17-15-16(22-18(20)23-17)25(11-21-15)14-9-5-6-10-28-14/h11,13-14H,1,3-10H2,2H3,(H,24,27). The van der Waals surface area contributed by atoms with Gasteiger partial charge in [0.1, 0.15) is 6.23 Å². The molecule has 2 aromatic rings. The number of hydrazine groups is 1. The van der Waals surface area contributed by atoms with Crippen LogP contribution in [0.1, 0.15) is 58.1 Å². The molecule has 3 heterocycles. The van der Waals surface area contributed by atoms with Gasteiger partial charge in [0, 0.05) is 6.61 Å². The molecule has 29 heavy (non-hydrogen) atoms. The van der Waals surface area contributed by atoms with Crippen molar-refractivity contribution in [2.45, 2.75) is 64.1 Å². The molecule has 1 saturated carbocycles. The molecule has 9 nitrogen and oxygen atoms in total. The number of nitrogens with one attached hydrogen (secondary N) is 1. The maximum absolute atomic E-state index is 12.3. The second-order valence-electron chi connectivity index (χ2n) is 7.47. The van der Waals surface area contributed by atoms with Gasteiger partial charge in [0.05, 0.1) is 18.1 Å². The van der Waals surface area contributed by atoms with E-state index in [1.165, 1.54) is 0 Å². The SMILES string of the molecule is C=C(C)OC(=O)NN(c1nc(Cl)nc2c1ncn2C1CCCCO1)C1CCCC1. The van der Waals surface area contributed by atoms with Gasteiger partial charge in [-0.15, -0.1) is 0 Å². The fraction of sp³-hybridized carbons (Fsp3) is 0.579. The summed E-state index contributed by atoms with van der Waals surface area (Å²) in [5.41, 5.74) is 3.95. The van der Waals surface area contributed by atoms with Crippen molar-refractivity contribution < 1.29 is 14.3 Å². The third-order valence-corrected chi connectivity index (χ3v) is 5.41. The highest BCUT2D eigenvalue weighted by atomic mass is 35.5. The average molecular weight is 421 g/mol. The summed E-state index contributed by atoms with van der Waals surface area (Å²) in [5.74, 6) is 0.763. The molecule has 1 unspecified atom stereocenters. The molecule has 1 atom stereocenters. The van der Waals surface area contributed by atoms with Crippen molar-refractivity contribution >= 4 is 34.7 Å². The van der Waals surface area contributed by atoms with Crippen LogP contribution in [0, 0.1) is 0 Å². The fourth-order valence-corrected chi connectivity index (χ4v) is 4.12. The lowest BCUT2D eigenvalue weighted by Gasteiger charge is -2.30. The van der Waals surface area contributed by atoms with E-state index in [4.69, 9.17) is 21.1 Å². The van der Waals surface area contributed by atoms with E-state index in [2.05, 4.69) is 27.0 Å². The largest absolute Gasteiger partial charge is 0.431 e. The van der Waals surface area contributed by atoms with Crippen LogP contribution in [0.15, 0.2) is 18.7 Å². The molecule has 1 amide bonds. The summed E-state index contributed by atoms with van der Waals surface area (Å²) in [6.45, 7) is 5.94. The van der Waals surface area contributed by atoms with Crippen LogP contribution in [0.4, 0.5) is 10.6 Å². The van der Waals surface area contributed by atoms with Gasteiger partial charge in [0.25, 0.3) is 0 Å². The van der Waals surface area contributed by atoms with E-state index in [0.29, 0.717) is 29.3 Å². The van der Waals surface area contributed by atoms with Crippen molar-refractivity contribution in [1.29, 1.82) is 0 Å². The highest BCUT2D eigenvalue weighted by Gasteiger charge is 2.30. The number of hydrogen-bond acceptors (Lipinski definition) is 7.